The van der Waals surface area contributed by atoms with Gasteiger partial charge in [-0.3, -0.25) is 0 Å². The first-order valence-corrected chi connectivity index (χ1v) is 6.82. The van der Waals surface area contributed by atoms with E-state index in [1.807, 2.05) is 30.3 Å². The van der Waals surface area contributed by atoms with Crippen LogP contribution < -0.4 is 10.1 Å². The quantitative estimate of drug-likeness (QED) is 0.927. The van der Waals surface area contributed by atoms with Crippen LogP contribution in [0.25, 0.3) is 0 Å². The Morgan fingerprint density at radius 1 is 1.42 bits per heavy atom. The largest absolute Gasteiger partial charge is 0.488 e. The van der Waals surface area contributed by atoms with E-state index in [4.69, 9.17) is 20.8 Å². The normalized spacial score (nSPS) is 18.9. The summed E-state index contributed by atoms with van der Waals surface area (Å²) in [7, 11) is 0. The Balaban J connectivity index is 1.56. The van der Waals surface area contributed by atoms with Gasteiger partial charge in [-0.25, -0.2) is 0 Å². The molecule has 1 unspecified atom stereocenters. The first-order chi connectivity index (χ1) is 9.22. The van der Waals surface area contributed by atoms with E-state index >= 15 is 0 Å². The van der Waals surface area contributed by atoms with Crippen molar-refractivity contribution < 1.29 is 9.15 Å². The Hall–Kier alpha value is -1.45. The lowest BCUT2D eigenvalue weighted by Gasteiger charge is -2.15. The molecule has 0 amide bonds. The minimum Gasteiger partial charge on any atom is -0.488 e. The zero-order valence-corrected chi connectivity index (χ0v) is 11.5. The molecule has 0 radical (unpaired) electrons. The van der Waals surface area contributed by atoms with Gasteiger partial charge in [0.05, 0.1) is 12.3 Å². The van der Waals surface area contributed by atoms with Gasteiger partial charge in [-0.15, -0.1) is 0 Å². The van der Waals surface area contributed by atoms with Crippen LogP contribution >= 0.6 is 11.6 Å². The van der Waals surface area contributed by atoms with Crippen molar-refractivity contribution in [2.45, 2.75) is 25.5 Å². The van der Waals surface area contributed by atoms with Crippen molar-refractivity contribution >= 4 is 11.6 Å². The number of hydrogen-bond acceptors (Lipinski definition) is 3. The standard InChI is InChI=1S/C15H16ClNO2/c1-10(14-3-2-6-18-14)17-9-13-8-11-7-12(16)4-5-15(11)19-13/h2-7,10,13,17H,8-9H2,1H3/t10-,13?/m1/s1. The van der Waals surface area contributed by atoms with Gasteiger partial charge in [-0.05, 0) is 42.8 Å². The summed E-state index contributed by atoms with van der Waals surface area (Å²) in [6, 6.07) is 9.84. The monoisotopic (exact) mass is 277 g/mol. The van der Waals surface area contributed by atoms with Gasteiger partial charge in [0.25, 0.3) is 0 Å². The second kappa shape index (κ2) is 5.27. The summed E-state index contributed by atoms with van der Waals surface area (Å²) in [5, 5.41) is 4.19. The van der Waals surface area contributed by atoms with Gasteiger partial charge in [0.1, 0.15) is 17.6 Å². The number of benzene rings is 1. The Morgan fingerprint density at radius 3 is 3.11 bits per heavy atom. The third-order valence-electron chi connectivity index (χ3n) is 3.39. The van der Waals surface area contributed by atoms with Gasteiger partial charge in [0, 0.05) is 18.0 Å². The lowest BCUT2D eigenvalue weighted by Crippen LogP contribution is -2.31. The van der Waals surface area contributed by atoms with E-state index in [2.05, 4.69) is 12.2 Å². The van der Waals surface area contributed by atoms with Crippen molar-refractivity contribution in [3.8, 4) is 5.75 Å². The summed E-state index contributed by atoms with van der Waals surface area (Å²) in [6.07, 6.45) is 2.75. The van der Waals surface area contributed by atoms with E-state index in [0.29, 0.717) is 0 Å². The summed E-state index contributed by atoms with van der Waals surface area (Å²) >= 11 is 5.98. The Labute approximate surface area is 117 Å². The molecule has 1 N–H and O–H groups in total. The fraction of sp³-hybridized carbons (Fsp3) is 0.333. The SMILES string of the molecule is C[C@@H](NCC1Cc2cc(Cl)ccc2O1)c1ccco1. The molecule has 1 aromatic carbocycles. The van der Waals surface area contributed by atoms with Crippen molar-refractivity contribution in [2.24, 2.45) is 0 Å². The van der Waals surface area contributed by atoms with Gasteiger partial charge in [-0.1, -0.05) is 11.6 Å². The molecule has 2 aromatic rings. The molecule has 2 heterocycles. The molecule has 19 heavy (non-hydrogen) atoms. The van der Waals surface area contributed by atoms with E-state index in [1.165, 1.54) is 5.56 Å². The third-order valence-corrected chi connectivity index (χ3v) is 3.62. The van der Waals surface area contributed by atoms with Gasteiger partial charge >= 0.3 is 0 Å². The van der Waals surface area contributed by atoms with E-state index in [0.717, 1.165) is 29.5 Å². The number of rotatable bonds is 4. The lowest BCUT2D eigenvalue weighted by atomic mass is 10.1. The highest BCUT2D eigenvalue weighted by atomic mass is 35.5. The molecule has 0 spiro atoms. The van der Waals surface area contributed by atoms with Crippen molar-refractivity contribution in [1.82, 2.24) is 5.32 Å². The second-order valence-electron chi connectivity index (χ2n) is 4.84. The maximum atomic E-state index is 5.98. The van der Waals surface area contributed by atoms with Crippen LogP contribution in [-0.2, 0) is 6.42 Å². The highest BCUT2D eigenvalue weighted by Crippen LogP contribution is 2.31. The van der Waals surface area contributed by atoms with Gasteiger partial charge in [0.15, 0.2) is 0 Å². The molecule has 2 atom stereocenters. The van der Waals surface area contributed by atoms with E-state index in [-0.39, 0.29) is 12.1 Å². The summed E-state index contributed by atoms with van der Waals surface area (Å²) in [5.74, 6) is 1.89. The fourth-order valence-electron chi connectivity index (χ4n) is 2.35. The minimum absolute atomic E-state index is 0.158. The van der Waals surface area contributed by atoms with E-state index in [1.54, 1.807) is 6.26 Å². The smallest absolute Gasteiger partial charge is 0.123 e. The van der Waals surface area contributed by atoms with Crippen LogP contribution in [0.2, 0.25) is 5.02 Å². The van der Waals surface area contributed by atoms with Crippen LogP contribution in [-0.4, -0.2) is 12.6 Å². The van der Waals surface area contributed by atoms with Gasteiger partial charge in [0.2, 0.25) is 0 Å². The summed E-state index contributed by atoms with van der Waals surface area (Å²) in [5.41, 5.74) is 1.19. The minimum atomic E-state index is 0.158. The molecule has 1 aromatic heterocycles. The third kappa shape index (κ3) is 2.77. The summed E-state index contributed by atoms with van der Waals surface area (Å²) in [4.78, 5) is 0. The Kier molecular flexibility index (Phi) is 3.49. The highest BCUT2D eigenvalue weighted by Gasteiger charge is 2.23. The highest BCUT2D eigenvalue weighted by molar-refractivity contribution is 6.30. The zero-order valence-electron chi connectivity index (χ0n) is 10.7. The molecule has 0 fully saturated rings. The zero-order chi connectivity index (χ0) is 13.2. The van der Waals surface area contributed by atoms with E-state index < -0.39 is 0 Å². The van der Waals surface area contributed by atoms with Crippen molar-refractivity contribution in [2.75, 3.05) is 6.54 Å². The van der Waals surface area contributed by atoms with Crippen LogP contribution in [0.5, 0.6) is 5.75 Å². The maximum absolute atomic E-state index is 5.98. The molecule has 0 aliphatic carbocycles. The lowest BCUT2D eigenvalue weighted by molar-refractivity contribution is 0.220. The topological polar surface area (TPSA) is 34.4 Å². The molecule has 100 valence electrons. The number of hydrogen-bond donors (Lipinski definition) is 1. The van der Waals surface area contributed by atoms with E-state index in [9.17, 15) is 0 Å². The Morgan fingerprint density at radius 2 is 2.32 bits per heavy atom. The van der Waals surface area contributed by atoms with Crippen LogP contribution in [0.1, 0.15) is 24.3 Å². The average molecular weight is 278 g/mol. The molecule has 0 saturated carbocycles. The Bertz CT molecular complexity index is 553. The molecule has 3 nitrogen and oxygen atoms in total. The molecule has 1 aliphatic heterocycles. The van der Waals surface area contributed by atoms with Crippen LogP contribution in [0.4, 0.5) is 0 Å². The summed E-state index contributed by atoms with van der Waals surface area (Å²) in [6.45, 7) is 2.87. The predicted molar refractivity (Wildman–Crippen MR) is 74.7 cm³/mol. The second-order valence-corrected chi connectivity index (χ2v) is 5.28. The molecule has 4 heteroatoms. The molecular formula is C15H16ClNO2. The van der Waals surface area contributed by atoms with Crippen LogP contribution in [0.15, 0.2) is 41.0 Å². The molecule has 1 aliphatic rings. The number of halogens is 1. The number of ether oxygens (including phenoxy) is 1. The van der Waals surface area contributed by atoms with Crippen molar-refractivity contribution in [3.05, 3.63) is 52.9 Å². The fourth-order valence-corrected chi connectivity index (χ4v) is 2.54. The number of furan rings is 1. The molecule has 0 saturated heterocycles. The first kappa shape index (κ1) is 12.6. The van der Waals surface area contributed by atoms with Crippen molar-refractivity contribution in [3.63, 3.8) is 0 Å². The average Bonchev–Trinajstić information content (AvgIpc) is 3.04. The van der Waals surface area contributed by atoms with Crippen molar-refractivity contribution in [1.29, 1.82) is 0 Å². The summed E-state index contributed by atoms with van der Waals surface area (Å²) < 4.78 is 11.2. The van der Waals surface area contributed by atoms with Gasteiger partial charge < -0.3 is 14.5 Å². The number of fused-ring (bicyclic) bond motifs is 1. The van der Waals surface area contributed by atoms with Gasteiger partial charge in [-0.2, -0.15) is 0 Å². The van der Waals surface area contributed by atoms with Crippen LogP contribution in [0.3, 0.4) is 0 Å². The molecule has 3 rings (SSSR count). The maximum Gasteiger partial charge on any atom is 0.123 e. The van der Waals surface area contributed by atoms with Crippen LogP contribution in [0, 0.1) is 0 Å². The molecule has 0 bridgehead atoms. The molecular weight excluding hydrogens is 262 g/mol. The predicted octanol–water partition coefficient (Wildman–Crippen LogP) is 3.59. The number of nitrogens with one attached hydrogen (secondary N) is 1. The first-order valence-electron chi connectivity index (χ1n) is 6.44.